The quantitative estimate of drug-likeness (QED) is 0.621. The van der Waals surface area contributed by atoms with Crippen LogP contribution in [-0.2, 0) is 9.53 Å². The van der Waals surface area contributed by atoms with Gasteiger partial charge in [0.05, 0.1) is 6.61 Å². The van der Waals surface area contributed by atoms with Gasteiger partial charge in [-0.15, -0.1) is 0 Å². The van der Waals surface area contributed by atoms with Crippen LogP contribution in [0, 0.1) is 6.92 Å². The number of rotatable bonds is 7. The summed E-state index contributed by atoms with van der Waals surface area (Å²) in [6, 6.07) is 5.13. The second kappa shape index (κ2) is 7.68. The highest BCUT2D eigenvalue weighted by molar-refractivity contribution is 5.86. The number of alkyl halides is 3. The minimum Gasteiger partial charge on any atom is -0.490 e. The van der Waals surface area contributed by atoms with Gasteiger partial charge in [0.25, 0.3) is 0 Å². The van der Waals surface area contributed by atoms with Crippen molar-refractivity contribution in [2.24, 2.45) is 0 Å². The van der Waals surface area contributed by atoms with Gasteiger partial charge in [0.1, 0.15) is 19.0 Å². The molecule has 116 valence electrons. The van der Waals surface area contributed by atoms with Crippen molar-refractivity contribution in [3.8, 4) is 5.75 Å². The van der Waals surface area contributed by atoms with Crippen molar-refractivity contribution in [3.63, 3.8) is 0 Å². The molecule has 1 rings (SSSR count). The van der Waals surface area contributed by atoms with E-state index in [0.717, 1.165) is 11.6 Å². The number of carboxylic acids is 1. The van der Waals surface area contributed by atoms with E-state index in [2.05, 4.69) is 4.74 Å². The Kier molecular flexibility index (Phi) is 6.23. The maximum Gasteiger partial charge on any atom is 0.411 e. The zero-order chi connectivity index (χ0) is 15.9. The molecule has 0 aliphatic heterocycles. The predicted molar refractivity (Wildman–Crippen MR) is 70.2 cm³/mol. The van der Waals surface area contributed by atoms with Crippen molar-refractivity contribution in [1.82, 2.24) is 0 Å². The summed E-state index contributed by atoms with van der Waals surface area (Å²) in [7, 11) is 0. The van der Waals surface area contributed by atoms with Gasteiger partial charge in [-0.05, 0) is 18.6 Å². The number of hydrogen-bond acceptors (Lipinski definition) is 3. The number of carbonyl (C=O) groups is 1. The number of carboxylic acid groups (broad SMARTS) is 1. The zero-order valence-corrected chi connectivity index (χ0v) is 11.3. The molecule has 0 atom stereocenters. The summed E-state index contributed by atoms with van der Waals surface area (Å²) < 4.78 is 45.5. The molecule has 1 N–H and O–H groups in total. The second-order valence-electron chi connectivity index (χ2n) is 4.18. The van der Waals surface area contributed by atoms with E-state index in [1.807, 2.05) is 0 Å². The fraction of sp³-hybridized carbons (Fsp3) is 0.357. The first-order valence-electron chi connectivity index (χ1n) is 6.07. The molecule has 0 fully saturated rings. The molecular formula is C14H15F3O4. The zero-order valence-electron chi connectivity index (χ0n) is 11.3. The largest absolute Gasteiger partial charge is 0.490 e. The number of halogens is 3. The van der Waals surface area contributed by atoms with Gasteiger partial charge in [0, 0.05) is 11.6 Å². The number of para-hydroxylation sites is 1. The van der Waals surface area contributed by atoms with Crippen LogP contribution in [0.25, 0.3) is 6.08 Å². The van der Waals surface area contributed by atoms with Crippen molar-refractivity contribution >= 4 is 12.0 Å². The maximum atomic E-state index is 11.9. The summed E-state index contributed by atoms with van der Waals surface area (Å²) in [6.07, 6.45) is -2.04. The first kappa shape index (κ1) is 17.0. The van der Waals surface area contributed by atoms with E-state index in [4.69, 9.17) is 9.84 Å². The molecule has 0 spiro atoms. The summed E-state index contributed by atoms with van der Waals surface area (Å²) in [4.78, 5) is 10.5. The molecule has 0 aliphatic rings. The lowest BCUT2D eigenvalue weighted by molar-refractivity contribution is -0.175. The van der Waals surface area contributed by atoms with Gasteiger partial charge >= 0.3 is 12.1 Å². The van der Waals surface area contributed by atoms with E-state index in [-0.39, 0.29) is 13.2 Å². The maximum absolute atomic E-state index is 11.9. The molecule has 0 heterocycles. The highest BCUT2D eigenvalue weighted by atomic mass is 19.4. The summed E-state index contributed by atoms with van der Waals surface area (Å²) in [5.74, 6) is -0.679. The third kappa shape index (κ3) is 6.80. The highest BCUT2D eigenvalue weighted by Gasteiger charge is 2.27. The number of aliphatic carboxylic acids is 1. The average Bonchev–Trinajstić information content (AvgIpc) is 2.36. The van der Waals surface area contributed by atoms with Crippen LogP contribution in [0.4, 0.5) is 13.2 Å². The van der Waals surface area contributed by atoms with Crippen LogP contribution in [0.3, 0.4) is 0 Å². The lowest BCUT2D eigenvalue weighted by Crippen LogP contribution is -2.19. The van der Waals surface area contributed by atoms with E-state index >= 15 is 0 Å². The third-order valence-corrected chi connectivity index (χ3v) is 2.39. The molecule has 4 nitrogen and oxygen atoms in total. The first-order chi connectivity index (χ1) is 9.79. The molecule has 0 saturated carbocycles. The fourth-order valence-corrected chi connectivity index (χ4v) is 1.56. The molecular weight excluding hydrogens is 289 g/mol. The Balaban J connectivity index is 2.59. The molecule has 0 bridgehead atoms. The fourth-order valence-electron chi connectivity index (χ4n) is 1.56. The van der Waals surface area contributed by atoms with E-state index < -0.39 is 18.8 Å². The van der Waals surface area contributed by atoms with Crippen LogP contribution in [-0.4, -0.2) is 37.1 Å². The molecule has 0 unspecified atom stereocenters. The van der Waals surface area contributed by atoms with Crippen molar-refractivity contribution in [2.45, 2.75) is 13.1 Å². The Labute approximate surface area is 119 Å². The normalized spacial score (nSPS) is 11.8. The number of ether oxygens (including phenoxy) is 2. The molecule has 1 aromatic carbocycles. The molecule has 0 radical (unpaired) electrons. The topological polar surface area (TPSA) is 55.8 Å². The molecule has 0 saturated heterocycles. The molecule has 0 aromatic heterocycles. The summed E-state index contributed by atoms with van der Waals surface area (Å²) >= 11 is 0. The number of aryl methyl sites for hydroxylation is 1. The molecule has 7 heteroatoms. The number of hydrogen-bond donors (Lipinski definition) is 1. The van der Waals surface area contributed by atoms with E-state index in [9.17, 15) is 18.0 Å². The number of benzene rings is 1. The molecule has 1 aromatic rings. The van der Waals surface area contributed by atoms with Gasteiger partial charge in [0.15, 0.2) is 0 Å². The van der Waals surface area contributed by atoms with Gasteiger partial charge in [-0.2, -0.15) is 13.2 Å². The lowest BCUT2D eigenvalue weighted by atomic mass is 10.1. The standard InChI is InChI=1S/C14H15F3O4/c1-10-3-2-4-11(5-6-12(18)19)13(10)21-8-7-20-9-14(15,16)17/h2-6H,7-9H2,1H3,(H,18,19)/b6-5+. The minimum atomic E-state index is -4.36. The second-order valence-corrected chi connectivity index (χ2v) is 4.18. The van der Waals surface area contributed by atoms with Gasteiger partial charge in [-0.25, -0.2) is 4.79 Å². The van der Waals surface area contributed by atoms with Crippen LogP contribution in [0.2, 0.25) is 0 Å². The van der Waals surface area contributed by atoms with Crippen LogP contribution in [0.1, 0.15) is 11.1 Å². The average molecular weight is 304 g/mol. The first-order valence-corrected chi connectivity index (χ1v) is 6.07. The summed E-state index contributed by atoms with van der Waals surface area (Å²) in [5, 5.41) is 8.60. The van der Waals surface area contributed by atoms with Gasteiger partial charge in [-0.3, -0.25) is 0 Å². The van der Waals surface area contributed by atoms with Crippen molar-refractivity contribution in [1.29, 1.82) is 0 Å². The summed E-state index contributed by atoms with van der Waals surface area (Å²) in [6.45, 7) is 0.157. The Morgan fingerprint density at radius 3 is 2.67 bits per heavy atom. The van der Waals surface area contributed by atoms with Gasteiger partial charge < -0.3 is 14.6 Å². The van der Waals surface area contributed by atoms with Crippen LogP contribution < -0.4 is 4.74 Å². The third-order valence-electron chi connectivity index (χ3n) is 2.39. The minimum absolute atomic E-state index is 0.0607. The Hall–Kier alpha value is -2.02. The SMILES string of the molecule is Cc1cccc(/C=C/C(=O)O)c1OCCOCC(F)(F)F. The summed E-state index contributed by atoms with van der Waals surface area (Å²) in [5.41, 5.74) is 1.28. The van der Waals surface area contributed by atoms with Gasteiger partial charge in [-0.1, -0.05) is 18.2 Å². The van der Waals surface area contributed by atoms with E-state index in [0.29, 0.717) is 11.3 Å². The van der Waals surface area contributed by atoms with Crippen LogP contribution in [0.15, 0.2) is 24.3 Å². The van der Waals surface area contributed by atoms with Gasteiger partial charge in [0.2, 0.25) is 0 Å². The van der Waals surface area contributed by atoms with E-state index in [1.165, 1.54) is 6.08 Å². The van der Waals surface area contributed by atoms with Crippen molar-refractivity contribution < 1.29 is 32.5 Å². The molecule has 21 heavy (non-hydrogen) atoms. The van der Waals surface area contributed by atoms with E-state index in [1.54, 1.807) is 25.1 Å². The predicted octanol–water partition coefficient (Wildman–Crippen LogP) is 3.05. The van der Waals surface area contributed by atoms with Crippen molar-refractivity contribution in [2.75, 3.05) is 19.8 Å². The van der Waals surface area contributed by atoms with Crippen LogP contribution in [0.5, 0.6) is 5.75 Å². The Bertz CT molecular complexity index is 509. The highest BCUT2D eigenvalue weighted by Crippen LogP contribution is 2.24. The lowest BCUT2D eigenvalue weighted by Gasteiger charge is -2.13. The Morgan fingerprint density at radius 1 is 1.33 bits per heavy atom. The monoisotopic (exact) mass is 304 g/mol. The molecule has 0 amide bonds. The smallest absolute Gasteiger partial charge is 0.411 e. The van der Waals surface area contributed by atoms with Crippen molar-refractivity contribution in [3.05, 3.63) is 35.4 Å². The molecule has 0 aliphatic carbocycles. The Morgan fingerprint density at radius 2 is 2.05 bits per heavy atom. The van der Waals surface area contributed by atoms with Crippen LogP contribution >= 0.6 is 0 Å².